The van der Waals surface area contributed by atoms with Crippen LogP contribution in [0.1, 0.15) is 0 Å². The molecule has 1 aromatic rings. The number of rotatable bonds is 1. The maximum atomic E-state index is 3.23. The third kappa shape index (κ3) is 1.46. The van der Waals surface area contributed by atoms with E-state index in [1.807, 2.05) is 12.3 Å². The number of piperazine rings is 1. The highest BCUT2D eigenvalue weighted by atomic mass is 15.3. The minimum atomic E-state index is 1.14. The standard InChI is InChI=1S/C9H15N3/c1-11-5-7-12(8-6-11)9-3-2-4-10-9/h2-4,10H,5-8H2,1H3. The van der Waals surface area contributed by atoms with Gasteiger partial charge < -0.3 is 14.8 Å². The summed E-state index contributed by atoms with van der Waals surface area (Å²) in [4.78, 5) is 7.98. The highest BCUT2D eigenvalue weighted by Gasteiger charge is 2.13. The van der Waals surface area contributed by atoms with Crippen molar-refractivity contribution in [2.45, 2.75) is 0 Å². The number of H-pyrrole nitrogens is 1. The van der Waals surface area contributed by atoms with E-state index in [0.717, 1.165) is 13.1 Å². The predicted octanol–water partition coefficient (Wildman–Crippen LogP) is 0.766. The molecule has 0 unspecified atom stereocenters. The molecule has 0 amide bonds. The zero-order valence-corrected chi connectivity index (χ0v) is 7.45. The van der Waals surface area contributed by atoms with E-state index in [9.17, 15) is 0 Å². The first-order valence-electron chi connectivity index (χ1n) is 4.43. The molecule has 1 fully saturated rings. The lowest BCUT2D eigenvalue weighted by Crippen LogP contribution is -2.44. The Bertz CT molecular complexity index is 222. The zero-order chi connectivity index (χ0) is 8.39. The average Bonchev–Trinajstić information content (AvgIpc) is 2.58. The van der Waals surface area contributed by atoms with Crippen LogP contribution in [0.2, 0.25) is 0 Å². The summed E-state index contributed by atoms with van der Waals surface area (Å²) in [6.07, 6.45) is 1.98. The van der Waals surface area contributed by atoms with Crippen LogP contribution in [0, 0.1) is 0 Å². The highest BCUT2D eigenvalue weighted by Crippen LogP contribution is 2.11. The molecule has 1 aromatic heterocycles. The molecule has 12 heavy (non-hydrogen) atoms. The lowest BCUT2D eigenvalue weighted by Gasteiger charge is -2.32. The van der Waals surface area contributed by atoms with Crippen molar-refractivity contribution in [3.8, 4) is 0 Å². The van der Waals surface area contributed by atoms with Crippen molar-refractivity contribution < 1.29 is 0 Å². The number of hydrogen-bond donors (Lipinski definition) is 1. The molecule has 0 spiro atoms. The second kappa shape index (κ2) is 3.19. The van der Waals surface area contributed by atoms with Gasteiger partial charge in [0.25, 0.3) is 0 Å². The molecular weight excluding hydrogens is 150 g/mol. The molecule has 3 nitrogen and oxygen atoms in total. The van der Waals surface area contributed by atoms with E-state index in [1.54, 1.807) is 0 Å². The first-order chi connectivity index (χ1) is 5.86. The molecule has 0 bridgehead atoms. The first kappa shape index (κ1) is 7.68. The van der Waals surface area contributed by atoms with Crippen molar-refractivity contribution in [3.05, 3.63) is 18.3 Å². The highest BCUT2D eigenvalue weighted by molar-refractivity contribution is 5.38. The van der Waals surface area contributed by atoms with Gasteiger partial charge in [-0.2, -0.15) is 0 Å². The van der Waals surface area contributed by atoms with Gasteiger partial charge in [-0.3, -0.25) is 0 Å². The minimum absolute atomic E-state index is 1.14. The number of aromatic amines is 1. The fourth-order valence-corrected chi connectivity index (χ4v) is 1.56. The fraction of sp³-hybridized carbons (Fsp3) is 0.556. The van der Waals surface area contributed by atoms with Gasteiger partial charge >= 0.3 is 0 Å². The lowest BCUT2D eigenvalue weighted by molar-refractivity contribution is 0.312. The van der Waals surface area contributed by atoms with E-state index in [-0.39, 0.29) is 0 Å². The topological polar surface area (TPSA) is 22.3 Å². The number of nitrogens with one attached hydrogen (secondary N) is 1. The van der Waals surface area contributed by atoms with Gasteiger partial charge in [-0.15, -0.1) is 0 Å². The molecule has 66 valence electrons. The summed E-state index contributed by atoms with van der Waals surface area (Å²) < 4.78 is 0. The van der Waals surface area contributed by atoms with Gasteiger partial charge in [-0.05, 0) is 19.2 Å². The Kier molecular flexibility index (Phi) is 2.04. The van der Waals surface area contributed by atoms with Crippen LogP contribution in [-0.2, 0) is 0 Å². The molecule has 1 aliphatic rings. The lowest BCUT2D eigenvalue weighted by atomic mass is 10.3. The molecule has 1 N–H and O–H groups in total. The maximum Gasteiger partial charge on any atom is 0.105 e. The number of aromatic nitrogens is 1. The Morgan fingerprint density at radius 1 is 1.25 bits per heavy atom. The Balaban J connectivity index is 1.99. The van der Waals surface area contributed by atoms with Crippen molar-refractivity contribution >= 4 is 5.82 Å². The molecule has 1 saturated heterocycles. The second-order valence-corrected chi connectivity index (χ2v) is 3.35. The van der Waals surface area contributed by atoms with Crippen LogP contribution in [0.4, 0.5) is 5.82 Å². The Morgan fingerprint density at radius 2 is 2.00 bits per heavy atom. The molecule has 3 heteroatoms. The van der Waals surface area contributed by atoms with Crippen molar-refractivity contribution in [1.82, 2.24) is 9.88 Å². The summed E-state index contributed by atoms with van der Waals surface area (Å²) in [5.74, 6) is 1.25. The number of hydrogen-bond acceptors (Lipinski definition) is 2. The average molecular weight is 165 g/mol. The van der Waals surface area contributed by atoms with E-state index in [1.165, 1.54) is 18.9 Å². The van der Waals surface area contributed by atoms with E-state index in [2.05, 4.69) is 27.9 Å². The molecule has 2 rings (SSSR count). The predicted molar refractivity (Wildman–Crippen MR) is 50.5 cm³/mol. The van der Waals surface area contributed by atoms with E-state index in [4.69, 9.17) is 0 Å². The number of nitrogens with zero attached hydrogens (tertiary/aromatic N) is 2. The number of anilines is 1. The Morgan fingerprint density at radius 3 is 2.58 bits per heavy atom. The van der Waals surface area contributed by atoms with Crippen molar-refractivity contribution in [2.24, 2.45) is 0 Å². The monoisotopic (exact) mass is 165 g/mol. The van der Waals surface area contributed by atoms with Crippen LogP contribution >= 0.6 is 0 Å². The summed E-state index contributed by atoms with van der Waals surface area (Å²) in [6, 6.07) is 4.18. The maximum absolute atomic E-state index is 3.23. The van der Waals surface area contributed by atoms with E-state index >= 15 is 0 Å². The largest absolute Gasteiger partial charge is 0.356 e. The Hall–Kier alpha value is -0.960. The van der Waals surface area contributed by atoms with Gasteiger partial charge in [-0.1, -0.05) is 0 Å². The van der Waals surface area contributed by atoms with Crippen LogP contribution in [0.3, 0.4) is 0 Å². The van der Waals surface area contributed by atoms with Crippen LogP contribution in [0.15, 0.2) is 18.3 Å². The summed E-state index contributed by atoms with van der Waals surface area (Å²) >= 11 is 0. The van der Waals surface area contributed by atoms with Gasteiger partial charge in [-0.25, -0.2) is 0 Å². The van der Waals surface area contributed by atoms with Gasteiger partial charge in [0.05, 0.1) is 0 Å². The van der Waals surface area contributed by atoms with Crippen molar-refractivity contribution in [2.75, 3.05) is 38.1 Å². The second-order valence-electron chi connectivity index (χ2n) is 3.35. The molecule has 0 aliphatic carbocycles. The molecule has 0 aromatic carbocycles. The first-order valence-corrected chi connectivity index (χ1v) is 4.43. The quantitative estimate of drug-likeness (QED) is 0.664. The minimum Gasteiger partial charge on any atom is -0.356 e. The third-order valence-electron chi connectivity index (χ3n) is 2.43. The summed E-state index contributed by atoms with van der Waals surface area (Å²) in [6.45, 7) is 4.60. The normalized spacial score (nSPS) is 19.9. The van der Waals surface area contributed by atoms with Gasteiger partial charge in [0.15, 0.2) is 0 Å². The molecule has 0 atom stereocenters. The van der Waals surface area contributed by atoms with Crippen LogP contribution in [-0.4, -0.2) is 43.1 Å². The Labute approximate surface area is 73.0 Å². The van der Waals surface area contributed by atoms with Crippen LogP contribution in [0.5, 0.6) is 0 Å². The van der Waals surface area contributed by atoms with Crippen molar-refractivity contribution in [3.63, 3.8) is 0 Å². The fourth-order valence-electron chi connectivity index (χ4n) is 1.56. The van der Waals surface area contributed by atoms with Gasteiger partial charge in [0.1, 0.15) is 5.82 Å². The summed E-state index contributed by atoms with van der Waals surface area (Å²) in [5, 5.41) is 0. The number of likely N-dealkylation sites (N-methyl/N-ethyl adjacent to an activating group) is 1. The van der Waals surface area contributed by atoms with Crippen molar-refractivity contribution in [1.29, 1.82) is 0 Å². The van der Waals surface area contributed by atoms with Gasteiger partial charge in [0.2, 0.25) is 0 Å². The summed E-state index contributed by atoms with van der Waals surface area (Å²) in [7, 11) is 2.17. The molecule has 0 saturated carbocycles. The van der Waals surface area contributed by atoms with Crippen LogP contribution < -0.4 is 4.90 Å². The molecular formula is C9H15N3. The zero-order valence-electron chi connectivity index (χ0n) is 7.45. The SMILES string of the molecule is CN1CCN(c2ccc[nH]2)CC1. The molecule has 1 aliphatic heterocycles. The molecule has 2 heterocycles. The van der Waals surface area contributed by atoms with E-state index < -0.39 is 0 Å². The summed E-state index contributed by atoms with van der Waals surface area (Å²) in [5.41, 5.74) is 0. The van der Waals surface area contributed by atoms with Gasteiger partial charge in [0, 0.05) is 32.4 Å². The van der Waals surface area contributed by atoms with E-state index in [0.29, 0.717) is 0 Å². The smallest absolute Gasteiger partial charge is 0.105 e. The molecule has 0 radical (unpaired) electrons. The third-order valence-corrected chi connectivity index (χ3v) is 2.43. The van der Waals surface area contributed by atoms with Crippen LogP contribution in [0.25, 0.3) is 0 Å².